The van der Waals surface area contributed by atoms with E-state index in [2.05, 4.69) is 15.9 Å². The summed E-state index contributed by atoms with van der Waals surface area (Å²) in [7, 11) is 0. The van der Waals surface area contributed by atoms with Crippen LogP contribution in [0, 0.1) is 6.92 Å². The molecule has 0 saturated heterocycles. The molecule has 3 heterocycles. The number of allylic oxidation sites excluding steroid dienone is 1. The van der Waals surface area contributed by atoms with Crippen molar-refractivity contribution in [3.05, 3.63) is 85.0 Å². The molecule has 3 aliphatic heterocycles. The molecule has 9 heteroatoms. The first-order valence-electron chi connectivity index (χ1n) is 11.2. The summed E-state index contributed by atoms with van der Waals surface area (Å²) < 4.78 is 35.1. The second-order valence-corrected chi connectivity index (χ2v) is 9.95. The molecule has 0 unspecified atom stereocenters. The number of aryl methyl sites for hydroxylation is 1. The van der Waals surface area contributed by atoms with Gasteiger partial charge in [0.15, 0.2) is 19.3 Å². The van der Waals surface area contributed by atoms with Crippen molar-refractivity contribution in [1.29, 1.82) is 0 Å². The monoisotopic (exact) mass is 570 g/mol. The fourth-order valence-corrected chi connectivity index (χ4v) is 5.34. The SMILES string of the molecule is Cc1cc(OCc2cc(Br)cc3c2OCOC3)cc2c1C(=O)/C(=C/c1cc(Cl)cc3c1OCOC3)O2. The molecule has 7 nitrogen and oxygen atoms in total. The highest BCUT2D eigenvalue weighted by atomic mass is 79.9. The maximum Gasteiger partial charge on any atom is 0.232 e. The Morgan fingerprint density at radius 2 is 1.75 bits per heavy atom. The topological polar surface area (TPSA) is 72.5 Å². The summed E-state index contributed by atoms with van der Waals surface area (Å²) >= 11 is 9.81. The third kappa shape index (κ3) is 4.35. The van der Waals surface area contributed by atoms with Crippen molar-refractivity contribution < 1.29 is 33.2 Å². The van der Waals surface area contributed by atoms with E-state index in [0.717, 1.165) is 32.5 Å². The van der Waals surface area contributed by atoms with Gasteiger partial charge in [0.2, 0.25) is 5.78 Å². The molecule has 0 aliphatic carbocycles. The summed E-state index contributed by atoms with van der Waals surface area (Å²) in [5.41, 5.74) is 4.61. The van der Waals surface area contributed by atoms with Gasteiger partial charge in [0.25, 0.3) is 0 Å². The van der Waals surface area contributed by atoms with E-state index < -0.39 is 0 Å². The molecule has 3 aromatic rings. The van der Waals surface area contributed by atoms with Crippen molar-refractivity contribution in [2.45, 2.75) is 26.7 Å². The number of carbonyl (C=O) groups is 1. The fraction of sp³-hybridized carbons (Fsp3) is 0.222. The number of Topliss-reactive ketones (excluding diaryl/α,β-unsaturated/α-hetero) is 1. The van der Waals surface area contributed by atoms with Gasteiger partial charge in [0.1, 0.15) is 29.6 Å². The Kier molecular flexibility index (Phi) is 6.13. The molecule has 0 amide bonds. The first-order chi connectivity index (χ1) is 17.5. The van der Waals surface area contributed by atoms with Gasteiger partial charge in [-0.3, -0.25) is 4.79 Å². The van der Waals surface area contributed by atoms with Crippen LogP contribution in [0.3, 0.4) is 0 Å². The molecule has 0 bridgehead atoms. The number of hydrogen-bond acceptors (Lipinski definition) is 7. The summed E-state index contributed by atoms with van der Waals surface area (Å²) in [4.78, 5) is 13.2. The molecule has 36 heavy (non-hydrogen) atoms. The predicted octanol–water partition coefficient (Wildman–Crippen LogP) is 6.34. The van der Waals surface area contributed by atoms with E-state index in [4.69, 9.17) is 40.0 Å². The zero-order chi connectivity index (χ0) is 24.8. The molecule has 0 N–H and O–H groups in total. The molecule has 3 aromatic carbocycles. The van der Waals surface area contributed by atoms with E-state index in [1.165, 1.54) is 0 Å². The Hall–Kier alpha value is -3.04. The Morgan fingerprint density at radius 3 is 2.56 bits per heavy atom. The van der Waals surface area contributed by atoms with Gasteiger partial charge >= 0.3 is 0 Å². The summed E-state index contributed by atoms with van der Waals surface area (Å²) in [5.74, 6) is 2.43. The van der Waals surface area contributed by atoms with E-state index >= 15 is 0 Å². The Labute approximate surface area is 220 Å². The van der Waals surface area contributed by atoms with Crippen molar-refractivity contribution >= 4 is 39.4 Å². The van der Waals surface area contributed by atoms with Crippen LogP contribution in [-0.2, 0) is 29.3 Å². The molecule has 184 valence electrons. The largest absolute Gasteiger partial charge is 0.489 e. The molecular formula is C27H20BrClO7. The first kappa shape index (κ1) is 23.4. The van der Waals surface area contributed by atoms with Gasteiger partial charge in [-0.05, 0) is 48.9 Å². The van der Waals surface area contributed by atoms with Crippen molar-refractivity contribution in [2.24, 2.45) is 0 Å². The zero-order valence-electron chi connectivity index (χ0n) is 19.2. The second-order valence-electron chi connectivity index (χ2n) is 8.60. The van der Waals surface area contributed by atoms with E-state index in [-0.39, 0.29) is 31.7 Å². The van der Waals surface area contributed by atoms with Crippen LogP contribution in [0.1, 0.15) is 38.2 Å². The van der Waals surface area contributed by atoms with Crippen LogP contribution in [0.15, 0.2) is 46.6 Å². The third-order valence-corrected chi connectivity index (χ3v) is 6.76. The van der Waals surface area contributed by atoms with Crippen LogP contribution in [-0.4, -0.2) is 19.4 Å². The Balaban J connectivity index is 1.27. The minimum absolute atomic E-state index is 0.138. The summed E-state index contributed by atoms with van der Waals surface area (Å²) in [6, 6.07) is 11.0. The number of rotatable bonds is 4. The number of carbonyl (C=O) groups excluding carboxylic acids is 1. The molecule has 0 atom stereocenters. The lowest BCUT2D eigenvalue weighted by Crippen LogP contribution is -2.14. The molecule has 0 spiro atoms. The normalized spacial score (nSPS) is 17.0. The van der Waals surface area contributed by atoms with Gasteiger partial charge in [-0.25, -0.2) is 0 Å². The quantitative estimate of drug-likeness (QED) is 0.339. The summed E-state index contributed by atoms with van der Waals surface area (Å²) in [6.07, 6.45) is 1.66. The van der Waals surface area contributed by atoms with Crippen molar-refractivity contribution in [3.63, 3.8) is 0 Å². The summed E-state index contributed by atoms with van der Waals surface area (Å²) in [5, 5.41) is 0.523. The lowest BCUT2D eigenvalue weighted by molar-refractivity contribution is -0.0176. The lowest BCUT2D eigenvalue weighted by Gasteiger charge is -2.21. The van der Waals surface area contributed by atoms with Crippen LogP contribution < -0.4 is 18.9 Å². The molecule has 3 aliphatic rings. The van der Waals surface area contributed by atoms with Crippen LogP contribution in [0.4, 0.5) is 0 Å². The molecule has 6 rings (SSSR count). The molecule has 0 saturated carbocycles. The average Bonchev–Trinajstić information content (AvgIpc) is 3.17. The molecule has 0 radical (unpaired) electrons. The van der Waals surface area contributed by atoms with Crippen molar-refractivity contribution in [1.82, 2.24) is 0 Å². The van der Waals surface area contributed by atoms with Crippen LogP contribution >= 0.6 is 27.5 Å². The van der Waals surface area contributed by atoms with Crippen LogP contribution in [0.2, 0.25) is 5.02 Å². The minimum Gasteiger partial charge on any atom is -0.489 e. The number of ether oxygens (including phenoxy) is 6. The molecule has 0 aromatic heterocycles. The van der Waals surface area contributed by atoms with E-state index in [9.17, 15) is 4.79 Å². The average molecular weight is 572 g/mol. The fourth-order valence-electron chi connectivity index (χ4n) is 4.54. The summed E-state index contributed by atoms with van der Waals surface area (Å²) in [6.45, 7) is 3.36. The smallest absolute Gasteiger partial charge is 0.232 e. The Morgan fingerprint density at radius 1 is 1.00 bits per heavy atom. The first-order valence-corrected chi connectivity index (χ1v) is 12.4. The van der Waals surface area contributed by atoms with E-state index in [1.807, 2.05) is 25.1 Å². The van der Waals surface area contributed by atoms with Gasteiger partial charge in [-0.15, -0.1) is 0 Å². The van der Waals surface area contributed by atoms with E-state index in [0.29, 0.717) is 46.6 Å². The standard InChI is InChI=1S/C27H20BrClO7/c1-14-2-21(33-11-17-4-19(28)3-16-9-31-13-35-27(16)17)8-22-24(14)25(30)23(36-22)7-15-5-20(29)6-18-10-32-12-34-26(15)18/h2-8H,9-13H2,1H3/b23-7-. The highest BCUT2D eigenvalue weighted by molar-refractivity contribution is 9.10. The predicted molar refractivity (Wildman–Crippen MR) is 135 cm³/mol. The van der Waals surface area contributed by atoms with Gasteiger partial charge in [0, 0.05) is 37.8 Å². The highest BCUT2D eigenvalue weighted by Gasteiger charge is 2.31. The van der Waals surface area contributed by atoms with Crippen molar-refractivity contribution in [3.8, 4) is 23.0 Å². The van der Waals surface area contributed by atoms with Crippen LogP contribution in [0.25, 0.3) is 6.08 Å². The van der Waals surface area contributed by atoms with Gasteiger partial charge in [-0.2, -0.15) is 0 Å². The highest BCUT2D eigenvalue weighted by Crippen LogP contribution is 2.40. The molecular weight excluding hydrogens is 552 g/mol. The number of ketones is 1. The number of fused-ring (bicyclic) bond motifs is 3. The zero-order valence-corrected chi connectivity index (χ0v) is 21.5. The van der Waals surface area contributed by atoms with Gasteiger partial charge in [0.05, 0.1) is 18.8 Å². The lowest BCUT2D eigenvalue weighted by atomic mass is 10.0. The second kappa shape index (κ2) is 9.44. The number of benzene rings is 3. The minimum atomic E-state index is -0.204. The van der Waals surface area contributed by atoms with Crippen LogP contribution in [0.5, 0.6) is 23.0 Å². The van der Waals surface area contributed by atoms with E-state index in [1.54, 1.807) is 24.3 Å². The number of hydrogen-bond donors (Lipinski definition) is 0. The van der Waals surface area contributed by atoms with Gasteiger partial charge < -0.3 is 28.4 Å². The third-order valence-electron chi connectivity index (χ3n) is 6.08. The van der Waals surface area contributed by atoms with Gasteiger partial charge in [-0.1, -0.05) is 27.5 Å². The molecule has 0 fully saturated rings. The number of halogens is 2. The van der Waals surface area contributed by atoms with Crippen molar-refractivity contribution in [2.75, 3.05) is 13.6 Å². The Bertz CT molecular complexity index is 1430. The maximum atomic E-state index is 13.2. The maximum absolute atomic E-state index is 13.2.